The van der Waals surface area contributed by atoms with Gasteiger partial charge >= 0.3 is 6.15 Å². The second kappa shape index (κ2) is 7.88. The molecule has 5 atom stereocenters. The van der Waals surface area contributed by atoms with Crippen molar-refractivity contribution in [3.05, 3.63) is 75.8 Å². The Balaban J connectivity index is 0.000000730. The SMILES string of the molecule is Cc1cc(C)c(C2=C(O)[C@@H]3[C@@H]4O[C@@H](C[C@H]4c4ccc(F)cc4)[C@@H]3C2=O)c(C)c1.O=C=O. The zero-order valence-electron chi connectivity index (χ0n) is 17.5. The van der Waals surface area contributed by atoms with E-state index in [1.807, 2.05) is 20.8 Å². The molecular formula is C25H23FO5. The minimum atomic E-state index is -0.309. The standard InChI is InChI=1S/C24H23FO3.CO2/c1-11-8-12(2)18(13(3)9-11)20-22(26)19-17-10-16(14-4-6-15(25)7-5-14)24(28-17)21(19)23(20)27;2-1-3/h4-9,16-17,19,21,24,27H,10H2,1-3H3;/t16-,17-,19-,21+,24+;/m0./s1. The molecule has 1 N–H and O–H groups in total. The fourth-order valence-electron chi connectivity index (χ4n) is 5.72. The Morgan fingerprint density at radius 3 is 2.19 bits per heavy atom. The number of halogens is 1. The molecule has 2 bridgehead atoms. The summed E-state index contributed by atoms with van der Waals surface area (Å²) in [5.41, 5.74) is 5.50. The van der Waals surface area contributed by atoms with Crippen LogP contribution in [0.2, 0.25) is 0 Å². The second-order valence-corrected chi connectivity index (χ2v) is 8.57. The number of hydrogen-bond acceptors (Lipinski definition) is 5. The van der Waals surface area contributed by atoms with E-state index in [1.54, 1.807) is 12.1 Å². The van der Waals surface area contributed by atoms with Crippen molar-refractivity contribution in [2.45, 2.75) is 45.3 Å². The first-order chi connectivity index (χ1) is 14.8. The smallest absolute Gasteiger partial charge is 0.373 e. The first kappa shape index (κ1) is 21.2. The van der Waals surface area contributed by atoms with Crippen LogP contribution in [0.25, 0.3) is 5.57 Å². The second-order valence-electron chi connectivity index (χ2n) is 8.57. The summed E-state index contributed by atoms with van der Waals surface area (Å²) in [4.78, 5) is 29.6. The van der Waals surface area contributed by atoms with Gasteiger partial charge < -0.3 is 9.84 Å². The lowest BCUT2D eigenvalue weighted by Gasteiger charge is -2.27. The molecule has 0 amide bonds. The minimum absolute atomic E-state index is 0.00242. The maximum absolute atomic E-state index is 13.3. The number of ketones is 1. The minimum Gasteiger partial charge on any atom is -0.511 e. The van der Waals surface area contributed by atoms with E-state index in [2.05, 4.69) is 12.1 Å². The van der Waals surface area contributed by atoms with Gasteiger partial charge in [0, 0.05) is 5.92 Å². The predicted molar refractivity (Wildman–Crippen MR) is 110 cm³/mol. The van der Waals surface area contributed by atoms with Crippen LogP contribution in [0.1, 0.15) is 40.2 Å². The molecule has 0 saturated carbocycles. The zero-order chi connectivity index (χ0) is 22.4. The molecule has 0 spiro atoms. The quantitative estimate of drug-likeness (QED) is 0.784. The van der Waals surface area contributed by atoms with E-state index in [0.29, 0.717) is 5.57 Å². The third-order valence-electron chi connectivity index (χ3n) is 6.70. The van der Waals surface area contributed by atoms with Gasteiger partial charge in [-0.1, -0.05) is 29.8 Å². The average Bonchev–Trinajstić information content (AvgIpc) is 3.36. The third kappa shape index (κ3) is 3.32. The van der Waals surface area contributed by atoms with Crippen molar-refractivity contribution in [2.24, 2.45) is 11.8 Å². The predicted octanol–water partition coefficient (Wildman–Crippen LogP) is 4.21. The molecule has 0 unspecified atom stereocenters. The lowest BCUT2D eigenvalue weighted by Crippen LogP contribution is -2.33. The Morgan fingerprint density at radius 1 is 1.03 bits per heavy atom. The Morgan fingerprint density at radius 2 is 1.61 bits per heavy atom. The van der Waals surface area contributed by atoms with Gasteiger partial charge in [0.15, 0.2) is 5.78 Å². The molecule has 5 nitrogen and oxygen atoms in total. The van der Waals surface area contributed by atoms with Gasteiger partial charge in [-0.15, -0.1) is 0 Å². The first-order valence-corrected chi connectivity index (χ1v) is 10.2. The molecule has 3 aliphatic rings. The number of allylic oxidation sites excluding steroid dienone is 1. The highest BCUT2D eigenvalue weighted by Gasteiger charge is 2.62. The van der Waals surface area contributed by atoms with E-state index in [4.69, 9.17) is 14.3 Å². The summed E-state index contributed by atoms with van der Waals surface area (Å²) >= 11 is 0. The number of benzene rings is 2. The number of ether oxygens (including phenoxy) is 1. The van der Waals surface area contributed by atoms with E-state index in [1.165, 1.54) is 12.1 Å². The molecule has 0 radical (unpaired) electrons. The number of fused-ring (bicyclic) bond motifs is 5. The molecule has 2 aromatic carbocycles. The molecule has 2 heterocycles. The van der Waals surface area contributed by atoms with Gasteiger partial charge in [0.2, 0.25) is 0 Å². The fraction of sp³-hybridized carbons (Fsp3) is 0.360. The highest BCUT2D eigenvalue weighted by Crippen LogP contribution is 2.58. The van der Waals surface area contributed by atoms with E-state index in [-0.39, 0.29) is 53.5 Å². The van der Waals surface area contributed by atoms with Crippen LogP contribution >= 0.6 is 0 Å². The first-order valence-electron chi connectivity index (χ1n) is 10.2. The molecule has 2 saturated heterocycles. The van der Waals surface area contributed by atoms with Gasteiger partial charge in [0.25, 0.3) is 0 Å². The maximum atomic E-state index is 13.3. The molecule has 2 fully saturated rings. The summed E-state index contributed by atoms with van der Waals surface area (Å²) in [6.45, 7) is 6.01. The van der Waals surface area contributed by atoms with Crippen LogP contribution in [0.3, 0.4) is 0 Å². The molecule has 160 valence electrons. The van der Waals surface area contributed by atoms with Crippen molar-refractivity contribution in [1.82, 2.24) is 0 Å². The number of aliphatic hydroxyl groups excluding tert-OH is 1. The number of Topliss-reactive ketones (excluding diaryl/α,β-unsaturated/α-hetero) is 1. The van der Waals surface area contributed by atoms with Crippen LogP contribution < -0.4 is 0 Å². The summed E-state index contributed by atoms with van der Waals surface area (Å²) in [6.07, 6.45) is 0.548. The van der Waals surface area contributed by atoms with E-state index < -0.39 is 0 Å². The molecule has 0 aromatic heterocycles. The fourth-order valence-corrected chi connectivity index (χ4v) is 5.72. The van der Waals surface area contributed by atoms with Gasteiger partial charge in [0.05, 0.1) is 29.6 Å². The van der Waals surface area contributed by atoms with Crippen LogP contribution in [-0.2, 0) is 19.1 Å². The summed E-state index contributed by atoms with van der Waals surface area (Å²) in [6, 6.07) is 10.6. The third-order valence-corrected chi connectivity index (χ3v) is 6.70. The molecule has 31 heavy (non-hydrogen) atoms. The topological polar surface area (TPSA) is 80.7 Å². The number of hydrogen-bond donors (Lipinski definition) is 1. The largest absolute Gasteiger partial charge is 0.511 e. The number of carbonyl (C=O) groups excluding carboxylic acids is 3. The van der Waals surface area contributed by atoms with Crippen molar-refractivity contribution in [3.63, 3.8) is 0 Å². The Labute approximate surface area is 179 Å². The van der Waals surface area contributed by atoms with Crippen molar-refractivity contribution >= 4 is 17.5 Å². The van der Waals surface area contributed by atoms with E-state index in [0.717, 1.165) is 34.2 Å². The summed E-state index contributed by atoms with van der Waals surface area (Å²) in [5, 5.41) is 11.2. The van der Waals surface area contributed by atoms with Gasteiger partial charge in [-0.25, -0.2) is 4.39 Å². The highest BCUT2D eigenvalue weighted by molar-refractivity contribution is 6.26. The monoisotopic (exact) mass is 422 g/mol. The number of carbonyl (C=O) groups is 1. The molecule has 5 rings (SSSR count). The van der Waals surface area contributed by atoms with Crippen LogP contribution in [0.5, 0.6) is 0 Å². The van der Waals surface area contributed by atoms with Crippen LogP contribution in [0.4, 0.5) is 4.39 Å². The van der Waals surface area contributed by atoms with Gasteiger partial charge in [-0.05, 0) is 61.6 Å². The molecule has 2 aromatic rings. The van der Waals surface area contributed by atoms with Crippen LogP contribution in [0.15, 0.2) is 42.2 Å². The lowest BCUT2D eigenvalue weighted by atomic mass is 9.72. The number of aryl methyl sites for hydroxylation is 3. The molecular weight excluding hydrogens is 399 g/mol. The van der Waals surface area contributed by atoms with Crippen molar-refractivity contribution in [1.29, 1.82) is 0 Å². The normalized spacial score (nSPS) is 28.3. The summed E-state index contributed by atoms with van der Waals surface area (Å²) in [5.74, 6) is -0.640. The van der Waals surface area contributed by atoms with Crippen molar-refractivity contribution in [2.75, 3.05) is 0 Å². The number of rotatable bonds is 2. The highest BCUT2D eigenvalue weighted by atomic mass is 19.1. The summed E-state index contributed by atoms with van der Waals surface area (Å²) < 4.78 is 19.4. The van der Waals surface area contributed by atoms with E-state index in [9.17, 15) is 14.3 Å². The summed E-state index contributed by atoms with van der Waals surface area (Å²) in [7, 11) is 0. The molecule has 1 aliphatic carbocycles. The average molecular weight is 422 g/mol. The zero-order valence-corrected chi connectivity index (χ0v) is 17.5. The Bertz CT molecular complexity index is 1090. The molecule has 2 aliphatic heterocycles. The number of aliphatic hydroxyl groups is 1. The van der Waals surface area contributed by atoms with E-state index >= 15 is 0 Å². The van der Waals surface area contributed by atoms with Gasteiger partial charge in [-0.2, -0.15) is 9.59 Å². The van der Waals surface area contributed by atoms with Crippen LogP contribution in [-0.4, -0.2) is 29.2 Å². The van der Waals surface area contributed by atoms with Gasteiger partial charge in [-0.3, -0.25) is 4.79 Å². The molecule has 6 heteroatoms. The van der Waals surface area contributed by atoms with Crippen molar-refractivity contribution < 1.29 is 28.6 Å². The Kier molecular flexibility index (Phi) is 5.38. The lowest BCUT2D eigenvalue weighted by molar-refractivity contribution is -0.191. The van der Waals surface area contributed by atoms with Gasteiger partial charge in [0.1, 0.15) is 11.6 Å². The van der Waals surface area contributed by atoms with Crippen molar-refractivity contribution in [3.8, 4) is 0 Å². The van der Waals surface area contributed by atoms with Crippen LogP contribution in [0, 0.1) is 38.4 Å². The maximum Gasteiger partial charge on any atom is 0.373 e. The Hall–Kier alpha value is -3.08.